The van der Waals surface area contributed by atoms with Crippen LogP contribution < -0.4 is 0 Å². The second kappa shape index (κ2) is 8.34. The molecule has 0 aromatic rings. The molecule has 0 radical (unpaired) electrons. The predicted molar refractivity (Wildman–Crippen MR) is 131 cm³/mol. The standard InChI is InChI=1S/C28H46O7/c1-15-14-25(4)16-7-9-26(5)21(27(6,34)23(32)13-22(31)24(2,3)33)8-10-28(26,35)17(16)11-20(30)18(25)12-19(15)29/h11,15-16,18-19,21-23,29,31-35H,7-10,12-14H2,1-6H3/t15-,16-,18-,19+,21-,22-,23+,25+,26+,27+,28+/m0/s1. The van der Waals surface area contributed by atoms with Gasteiger partial charge in [-0.25, -0.2) is 0 Å². The van der Waals surface area contributed by atoms with E-state index in [-0.39, 0.29) is 35.4 Å². The number of hydrogen-bond donors (Lipinski definition) is 6. The van der Waals surface area contributed by atoms with Gasteiger partial charge < -0.3 is 30.6 Å². The second-order valence-corrected chi connectivity index (χ2v) is 13.7. The van der Waals surface area contributed by atoms with Crippen LogP contribution in [0.15, 0.2) is 11.6 Å². The second-order valence-electron chi connectivity index (χ2n) is 13.7. The molecule has 3 saturated carbocycles. The number of fused-ring (bicyclic) bond motifs is 5. The van der Waals surface area contributed by atoms with Crippen LogP contribution in [0.1, 0.15) is 86.5 Å². The Morgan fingerprint density at radius 1 is 1.06 bits per heavy atom. The number of rotatable bonds is 5. The number of aliphatic hydroxyl groups is 6. The van der Waals surface area contributed by atoms with Gasteiger partial charge in [-0.15, -0.1) is 0 Å². The van der Waals surface area contributed by atoms with Crippen molar-refractivity contribution in [1.29, 1.82) is 0 Å². The van der Waals surface area contributed by atoms with Gasteiger partial charge in [-0.1, -0.05) is 20.8 Å². The summed E-state index contributed by atoms with van der Waals surface area (Å²) >= 11 is 0. The summed E-state index contributed by atoms with van der Waals surface area (Å²) in [6, 6.07) is 0. The van der Waals surface area contributed by atoms with Crippen molar-refractivity contribution in [1.82, 2.24) is 0 Å². The molecule has 0 spiro atoms. The van der Waals surface area contributed by atoms with E-state index in [0.717, 1.165) is 18.4 Å². The Hall–Kier alpha value is -0.830. The van der Waals surface area contributed by atoms with E-state index in [0.29, 0.717) is 25.7 Å². The quantitative estimate of drug-likeness (QED) is 0.344. The van der Waals surface area contributed by atoms with Crippen molar-refractivity contribution in [2.24, 2.45) is 34.5 Å². The summed E-state index contributed by atoms with van der Waals surface area (Å²) in [6.07, 6.45) is 1.91. The van der Waals surface area contributed by atoms with Crippen molar-refractivity contribution in [3.8, 4) is 0 Å². The van der Waals surface area contributed by atoms with Crippen LogP contribution in [0.25, 0.3) is 0 Å². The molecule has 7 heteroatoms. The highest BCUT2D eigenvalue weighted by Crippen LogP contribution is 2.68. The van der Waals surface area contributed by atoms with E-state index in [2.05, 4.69) is 6.92 Å². The molecular formula is C28H46O7. The lowest BCUT2D eigenvalue weighted by molar-refractivity contribution is -0.181. The van der Waals surface area contributed by atoms with Crippen LogP contribution in [0.3, 0.4) is 0 Å². The topological polar surface area (TPSA) is 138 Å². The van der Waals surface area contributed by atoms with Crippen LogP contribution in [0.2, 0.25) is 0 Å². The summed E-state index contributed by atoms with van der Waals surface area (Å²) in [5.41, 5.74) is -4.62. The van der Waals surface area contributed by atoms with Gasteiger partial charge in [0.2, 0.25) is 0 Å². The van der Waals surface area contributed by atoms with E-state index < -0.39 is 46.4 Å². The van der Waals surface area contributed by atoms with E-state index in [1.54, 1.807) is 13.0 Å². The molecule has 0 aromatic heterocycles. The fourth-order valence-corrected chi connectivity index (χ4v) is 8.60. The highest BCUT2D eigenvalue weighted by Gasteiger charge is 2.69. The first-order chi connectivity index (χ1) is 15.9. The first kappa shape index (κ1) is 27.2. The third-order valence-electron chi connectivity index (χ3n) is 11.1. The molecule has 35 heavy (non-hydrogen) atoms. The summed E-state index contributed by atoms with van der Waals surface area (Å²) in [6.45, 7) is 10.6. The van der Waals surface area contributed by atoms with E-state index >= 15 is 0 Å². The Kier molecular flexibility index (Phi) is 6.48. The van der Waals surface area contributed by atoms with Crippen molar-refractivity contribution < 1.29 is 35.4 Å². The van der Waals surface area contributed by atoms with Crippen LogP contribution in [0, 0.1) is 34.5 Å². The van der Waals surface area contributed by atoms with Gasteiger partial charge in [-0.3, -0.25) is 4.79 Å². The maximum Gasteiger partial charge on any atom is 0.159 e. The summed E-state index contributed by atoms with van der Waals surface area (Å²) < 4.78 is 0. The van der Waals surface area contributed by atoms with Gasteiger partial charge in [0.15, 0.2) is 5.78 Å². The molecule has 6 N–H and O–H groups in total. The summed E-state index contributed by atoms with van der Waals surface area (Å²) in [4.78, 5) is 13.3. The number of carbonyl (C=O) groups excluding carboxylic acids is 1. The number of aliphatic hydroxyl groups excluding tert-OH is 3. The maximum absolute atomic E-state index is 13.3. The highest BCUT2D eigenvalue weighted by molar-refractivity contribution is 5.95. The Balaban J connectivity index is 1.67. The molecule has 4 aliphatic rings. The largest absolute Gasteiger partial charge is 0.393 e. The zero-order valence-electron chi connectivity index (χ0n) is 22.2. The Morgan fingerprint density at radius 3 is 2.29 bits per heavy atom. The van der Waals surface area contributed by atoms with Crippen LogP contribution in [-0.2, 0) is 4.79 Å². The number of ketones is 1. The SMILES string of the molecule is C[C@H]1C[C@@]2(C)[C@@H](C[C@H]1O)C(=O)C=C1[C@@H]2CC[C@]2(C)[C@@H]([C@@](C)(O)[C@H](O)C[C@H](O)C(C)(C)O)CC[C@@]12O. The van der Waals surface area contributed by atoms with Crippen LogP contribution in [-0.4, -0.2) is 71.5 Å². The van der Waals surface area contributed by atoms with E-state index in [1.165, 1.54) is 13.8 Å². The van der Waals surface area contributed by atoms with Gasteiger partial charge in [0.05, 0.1) is 35.1 Å². The molecule has 0 unspecified atom stereocenters. The minimum absolute atomic E-state index is 0.0223. The first-order valence-corrected chi connectivity index (χ1v) is 13.4. The molecule has 3 fully saturated rings. The minimum atomic E-state index is -1.60. The molecule has 0 aliphatic heterocycles. The first-order valence-electron chi connectivity index (χ1n) is 13.4. The molecule has 7 nitrogen and oxygen atoms in total. The third kappa shape index (κ3) is 3.88. The van der Waals surface area contributed by atoms with Gasteiger partial charge in [-0.2, -0.15) is 0 Å². The zero-order chi connectivity index (χ0) is 26.4. The van der Waals surface area contributed by atoms with Crippen molar-refractivity contribution in [3.63, 3.8) is 0 Å². The van der Waals surface area contributed by atoms with Crippen molar-refractivity contribution in [3.05, 3.63) is 11.6 Å². The molecule has 0 saturated heterocycles. The summed E-state index contributed by atoms with van der Waals surface area (Å²) in [5, 5.41) is 65.8. The predicted octanol–water partition coefficient (Wildman–Crippen LogP) is 2.10. The molecule has 200 valence electrons. The van der Waals surface area contributed by atoms with Gasteiger partial charge >= 0.3 is 0 Å². The summed E-state index contributed by atoms with van der Waals surface area (Å²) in [7, 11) is 0. The fraction of sp³-hybridized carbons (Fsp3) is 0.893. The van der Waals surface area contributed by atoms with E-state index in [4.69, 9.17) is 0 Å². The molecular weight excluding hydrogens is 448 g/mol. The van der Waals surface area contributed by atoms with Crippen LogP contribution in [0.5, 0.6) is 0 Å². The maximum atomic E-state index is 13.3. The highest BCUT2D eigenvalue weighted by atomic mass is 16.4. The monoisotopic (exact) mass is 494 g/mol. The molecule has 0 heterocycles. The van der Waals surface area contributed by atoms with Crippen molar-refractivity contribution in [2.75, 3.05) is 0 Å². The van der Waals surface area contributed by atoms with Crippen molar-refractivity contribution >= 4 is 5.78 Å². The zero-order valence-corrected chi connectivity index (χ0v) is 22.2. The lowest BCUT2D eigenvalue weighted by Crippen LogP contribution is -2.62. The normalized spacial score (nSPS) is 47.1. The van der Waals surface area contributed by atoms with Gasteiger partial charge in [0, 0.05) is 17.8 Å². The van der Waals surface area contributed by atoms with Crippen molar-refractivity contribution in [2.45, 2.75) is 122 Å². The van der Waals surface area contributed by atoms with Gasteiger partial charge in [0.25, 0.3) is 0 Å². The summed E-state index contributed by atoms with van der Waals surface area (Å²) in [5.74, 6) is -0.616. The van der Waals surface area contributed by atoms with E-state index in [9.17, 15) is 35.4 Å². The molecule has 0 amide bonds. The van der Waals surface area contributed by atoms with Gasteiger partial charge in [0.1, 0.15) is 0 Å². The number of hydrogen-bond acceptors (Lipinski definition) is 7. The smallest absolute Gasteiger partial charge is 0.159 e. The molecule has 4 rings (SSSR count). The van der Waals surface area contributed by atoms with Crippen LogP contribution in [0.4, 0.5) is 0 Å². The Labute approximate surface area is 209 Å². The molecule has 0 bridgehead atoms. The number of allylic oxidation sites excluding steroid dienone is 1. The van der Waals surface area contributed by atoms with Crippen LogP contribution >= 0.6 is 0 Å². The lowest BCUT2D eigenvalue weighted by atomic mass is 9.45. The average Bonchev–Trinajstić information content (AvgIpc) is 3.01. The van der Waals surface area contributed by atoms with Gasteiger partial charge in [-0.05, 0) is 94.1 Å². The fourth-order valence-electron chi connectivity index (χ4n) is 8.60. The molecule has 0 aromatic carbocycles. The Morgan fingerprint density at radius 2 is 1.69 bits per heavy atom. The van der Waals surface area contributed by atoms with E-state index in [1.807, 2.05) is 13.8 Å². The number of carbonyl (C=O) groups is 1. The third-order valence-corrected chi connectivity index (χ3v) is 11.1. The minimum Gasteiger partial charge on any atom is -0.393 e. The Bertz CT molecular complexity index is 890. The lowest BCUT2D eigenvalue weighted by Gasteiger charge is -2.61. The average molecular weight is 495 g/mol. The molecule has 4 aliphatic carbocycles. The molecule has 11 atom stereocenters.